The van der Waals surface area contributed by atoms with E-state index in [9.17, 15) is 0 Å². The number of allylic oxidation sites excluding steroid dienone is 1. The highest BCUT2D eigenvalue weighted by Crippen LogP contribution is 2.43. The first-order chi connectivity index (χ1) is 15.1. The second-order valence-electron chi connectivity index (χ2n) is 9.01. The van der Waals surface area contributed by atoms with E-state index in [0.717, 1.165) is 51.4 Å². The van der Waals surface area contributed by atoms with Crippen LogP contribution < -0.4 is 0 Å². The lowest BCUT2D eigenvalue weighted by molar-refractivity contribution is -0.290. The first-order valence-electron chi connectivity index (χ1n) is 11.8. The van der Waals surface area contributed by atoms with E-state index in [1.54, 1.807) is 7.11 Å². The van der Waals surface area contributed by atoms with Crippen LogP contribution >= 0.6 is 0 Å². The van der Waals surface area contributed by atoms with E-state index in [4.69, 9.17) is 23.7 Å². The predicted octanol–water partition coefficient (Wildman–Crippen LogP) is 5.63. The van der Waals surface area contributed by atoms with Gasteiger partial charge in [-0.1, -0.05) is 43.3 Å². The summed E-state index contributed by atoms with van der Waals surface area (Å²) in [4.78, 5) is 0. The van der Waals surface area contributed by atoms with Crippen molar-refractivity contribution in [2.24, 2.45) is 5.92 Å². The molecule has 1 spiro atoms. The zero-order valence-electron chi connectivity index (χ0n) is 19.3. The first kappa shape index (κ1) is 24.4. The summed E-state index contributed by atoms with van der Waals surface area (Å²) in [5.41, 5.74) is 1.19. The van der Waals surface area contributed by atoms with Crippen molar-refractivity contribution in [2.45, 2.75) is 89.0 Å². The maximum atomic E-state index is 6.55. The van der Waals surface area contributed by atoms with E-state index in [1.807, 2.05) is 24.3 Å². The van der Waals surface area contributed by atoms with E-state index >= 15 is 0 Å². The summed E-state index contributed by atoms with van der Waals surface area (Å²) < 4.78 is 30.1. The molecule has 1 aromatic carbocycles. The molecule has 5 heteroatoms. The third-order valence-electron chi connectivity index (χ3n) is 6.49. The lowest BCUT2D eigenvalue weighted by Gasteiger charge is -2.41. The van der Waals surface area contributed by atoms with Gasteiger partial charge >= 0.3 is 0 Å². The number of hydrogen-bond donors (Lipinski definition) is 0. The van der Waals surface area contributed by atoms with Crippen LogP contribution in [0.25, 0.3) is 0 Å². The summed E-state index contributed by atoms with van der Waals surface area (Å²) in [5.74, 6) is 0.0194. The quantitative estimate of drug-likeness (QED) is 0.230. The van der Waals surface area contributed by atoms with E-state index in [0.29, 0.717) is 25.9 Å². The summed E-state index contributed by atoms with van der Waals surface area (Å²) >= 11 is 0. The number of unbranched alkanes of at least 4 members (excludes halogenated alkanes) is 1. The summed E-state index contributed by atoms with van der Waals surface area (Å²) in [7, 11) is 1.67. The molecule has 0 bridgehead atoms. The van der Waals surface area contributed by atoms with E-state index in [1.165, 1.54) is 5.56 Å². The molecule has 0 saturated carbocycles. The monoisotopic (exact) mass is 432 g/mol. The van der Waals surface area contributed by atoms with Crippen molar-refractivity contribution in [3.63, 3.8) is 0 Å². The van der Waals surface area contributed by atoms with Crippen molar-refractivity contribution in [1.29, 1.82) is 0 Å². The maximum absolute atomic E-state index is 6.55. The molecular formula is C26H40O5. The van der Waals surface area contributed by atoms with Crippen LogP contribution in [0.5, 0.6) is 0 Å². The Morgan fingerprint density at radius 1 is 1.19 bits per heavy atom. The highest BCUT2D eigenvalue weighted by Gasteiger charge is 2.47. The lowest BCUT2D eigenvalue weighted by Crippen LogP contribution is -2.46. The van der Waals surface area contributed by atoms with Gasteiger partial charge in [0.05, 0.1) is 31.5 Å². The largest absolute Gasteiger partial charge is 0.374 e. The molecule has 2 aliphatic rings. The van der Waals surface area contributed by atoms with Gasteiger partial charge in [-0.15, -0.1) is 6.58 Å². The van der Waals surface area contributed by atoms with Crippen LogP contribution in [-0.2, 0) is 30.3 Å². The second-order valence-corrected chi connectivity index (χ2v) is 9.01. The van der Waals surface area contributed by atoms with Gasteiger partial charge in [-0.05, 0) is 43.6 Å². The van der Waals surface area contributed by atoms with Gasteiger partial charge in [0.25, 0.3) is 0 Å². The molecule has 2 heterocycles. The molecule has 0 aromatic heterocycles. The number of ether oxygens (including phenoxy) is 5. The SMILES string of the molecule is C=CCCC[C@@H](C[C@@H]1CC[C@@]2(CC[C@@H](C)[C@H](COCc3ccccc3)O2)O1)OCOC. The molecule has 1 aromatic rings. The van der Waals surface area contributed by atoms with Crippen molar-refractivity contribution >= 4 is 0 Å². The first-order valence-corrected chi connectivity index (χ1v) is 11.8. The Balaban J connectivity index is 1.48. The Morgan fingerprint density at radius 2 is 2.00 bits per heavy atom. The van der Waals surface area contributed by atoms with Crippen LogP contribution in [0.15, 0.2) is 43.0 Å². The fraction of sp³-hybridized carbons (Fsp3) is 0.692. The van der Waals surface area contributed by atoms with Gasteiger partial charge in [0.1, 0.15) is 6.79 Å². The third-order valence-corrected chi connectivity index (χ3v) is 6.49. The number of rotatable bonds is 13. The Labute approximate surface area is 188 Å². The van der Waals surface area contributed by atoms with Crippen LogP contribution in [-0.4, -0.2) is 44.6 Å². The van der Waals surface area contributed by atoms with Gasteiger partial charge in [-0.3, -0.25) is 0 Å². The molecule has 0 radical (unpaired) electrons. The summed E-state index contributed by atoms with van der Waals surface area (Å²) in [5, 5.41) is 0. The van der Waals surface area contributed by atoms with E-state index in [-0.39, 0.29) is 18.3 Å². The highest BCUT2D eigenvalue weighted by atomic mass is 16.7. The Morgan fingerprint density at radius 3 is 2.77 bits per heavy atom. The van der Waals surface area contributed by atoms with E-state index < -0.39 is 5.79 Å². The van der Waals surface area contributed by atoms with Crippen LogP contribution in [0, 0.1) is 5.92 Å². The summed E-state index contributed by atoms with van der Waals surface area (Å²) in [6.07, 6.45) is 10.3. The van der Waals surface area contributed by atoms with Gasteiger partial charge < -0.3 is 23.7 Å². The molecule has 0 unspecified atom stereocenters. The van der Waals surface area contributed by atoms with Crippen molar-refractivity contribution in [2.75, 3.05) is 20.5 Å². The molecule has 3 rings (SSSR count). The molecule has 2 saturated heterocycles. The Kier molecular flexibility index (Phi) is 10.0. The summed E-state index contributed by atoms with van der Waals surface area (Å²) in [6, 6.07) is 10.3. The van der Waals surface area contributed by atoms with Gasteiger partial charge in [-0.2, -0.15) is 0 Å². The minimum absolute atomic E-state index is 0.0735. The van der Waals surface area contributed by atoms with Gasteiger partial charge in [0.15, 0.2) is 5.79 Å². The normalized spacial score (nSPS) is 29.3. The topological polar surface area (TPSA) is 46.2 Å². The average molecular weight is 433 g/mol. The molecule has 0 amide bonds. The standard InChI is InChI=1S/C26H40O5/c1-4-5-7-12-23(29-20-27-3)17-24-14-16-26(30-24)15-13-21(2)25(31-26)19-28-18-22-10-8-6-9-11-22/h4,6,8-11,21,23-25H,1,5,7,12-20H2,2-3H3/t21-,23+,24+,25+,26+/m1/s1. The molecular weight excluding hydrogens is 392 g/mol. The zero-order valence-corrected chi connectivity index (χ0v) is 19.3. The number of benzene rings is 1. The molecule has 2 fully saturated rings. The fourth-order valence-electron chi connectivity index (χ4n) is 4.61. The Hall–Kier alpha value is -1.24. The third kappa shape index (κ3) is 7.69. The maximum Gasteiger partial charge on any atom is 0.169 e. The molecule has 174 valence electrons. The van der Waals surface area contributed by atoms with Crippen LogP contribution in [0.2, 0.25) is 0 Å². The summed E-state index contributed by atoms with van der Waals surface area (Å²) in [6.45, 7) is 7.62. The minimum atomic E-state index is -0.453. The van der Waals surface area contributed by atoms with Gasteiger partial charge in [0.2, 0.25) is 0 Å². The lowest BCUT2D eigenvalue weighted by atomic mass is 9.90. The van der Waals surface area contributed by atoms with Crippen molar-refractivity contribution in [3.8, 4) is 0 Å². The number of methoxy groups -OCH3 is 1. The van der Waals surface area contributed by atoms with Crippen LogP contribution in [0.4, 0.5) is 0 Å². The molecule has 5 nitrogen and oxygen atoms in total. The molecule has 0 aliphatic carbocycles. The van der Waals surface area contributed by atoms with Crippen molar-refractivity contribution < 1.29 is 23.7 Å². The smallest absolute Gasteiger partial charge is 0.169 e. The molecule has 2 aliphatic heterocycles. The fourth-order valence-corrected chi connectivity index (χ4v) is 4.61. The minimum Gasteiger partial charge on any atom is -0.374 e. The van der Waals surface area contributed by atoms with Crippen molar-refractivity contribution in [3.05, 3.63) is 48.6 Å². The Bertz CT molecular complexity index is 636. The average Bonchev–Trinajstić information content (AvgIpc) is 3.17. The zero-order chi connectivity index (χ0) is 21.9. The second kappa shape index (κ2) is 12.7. The van der Waals surface area contributed by atoms with Crippen LogP contribution in [0.3, 0.4) is 0 Å². The van der Waals surface area contributed by atoms with E-state index in [2.05, 4.69) is 25.6 Å². The molecule has 31 heavy (non-hydrogen) atoms. The number of hydrogen-bond acceptors (Lipinski definition) is 5. The molecule has 5 atom stereocenters. The van der Waals surface area contributed by atoms with Crippen molar-refractivity contribution in [1.82, 2.24) is 0 Å². The highest BCUT2D eigenvalue weighted by molar-refractivity contribution is 5.13. The van der Waals surface area contributed by atoms with Crippen LogP contribution in [0.1, 0.15) is 63.9 Å². The predicted molar refractivity (Wildman–Crippen MR) is 122 cm³/mol. The van der Waals surface area contributed by atoms with Gasteiger partial charge in [0, 0.05) is 26.4 Å². The van der Waals surface area contributed by atoms with Gasteiger partial charge in [-0.25, -0.2) is 0 Å². The molecule has 0 N–H and O–H groups in total.